The van der Waals surface area contributed by atoms with Crippen molar-refractivity contribution in [1.29, 1.82) is 0 Å². The molecule has 1 amide bonds. The van der Waals surface area contributed by atoms with Gasteiger partial charge in [-0.1, -0.05) is 26.0 Å². The van der Waals surface area contributed by atoms with Gasteiger partial charge in [0.05, 0.1) is 7.11 Å². The number of nitrogens with zero attached hydrogens (tertiary/aromatic N) is 1. The molecule has 0 aromatic carbocycles. The van der Waals surface area contributed by atoms with Gasteiger partial charge in [-0.2, -0.15) is 5.06 Å². The van der Waals surface area contributed by atoms with Gasteiger partial charge in [0.15, 0.2) is 0 Å². The van der Waals surface area contributed by atoms with Gasteiger partial charge in [0.2, 0.25) is 5.91 Å². The number of allylic oxidation sites excluding steroid dienone is 1. The smallest absolute Gasteiger partial charge is 0.224 e. The lowest BCUT2D eigenvalue weighted by molar-refractivity contribution is -0.265. The van der Waals surface area contributed by atoms with Crippen molar-refractivity contribution in [2.24, 2.45) is 11.8 Å². The highest BCUT2D eigenvalue weighted by atomic mass is 16.7. The van der Waals surface area contributed by atoms with E-state index in [2.05, 4.69) is 44.2 Å². The third-order valence-corrected chi connectivity index (χ3v) is 6.07. The van der Waals surface area contributed by atoms with Crippen LogP contribution >= 0.6 is 0 Å². The van der Waals surface area contributed by atoms with Crippen LogP contribution in [0.4, 0.5) is 0 Å². The molecule has 2 rings (SSSR count). The first kappa shape index (κ1) is 20.4. The van der Waals surface area contributed by atoms with Gasteiger partial charge in [0.1, 0.15) is 0 Å². The molecule has 3 unspecified atom stereocenters. The summed E-state index contributed by atoms with van der Waals surface area (Å²) in [5, 5.41) is 5.47. The maximum Gasteiger partial charge on any atom is 0.224 e. The maximum absolute atomic E-state index is 12.2. The molecule has 2 fully saturated rings. The summed E-state index contributed by atoms with van der Waals surface area (Å²) in [6.07, 6.45) is 12.8. The average molecular weight is 351 g/mol. The highest BCUT2D eigenvalue weighted by Gasteiger charge is 2.47. The Morgan fingerprint density at radius 1 is 1.36 bits per heavy atom. The zero-order chi connectivity index (χ0) is 18.4. The molecule has 2 bridgehead atoms. The fraction of sp³-hybridized carbons (Fsp3) is 0.857. The van der Waals surface area contributed by atoms with E-state index in [-0.39, 0.29) is 17.5 Å². The average Bonchev–Trinajstić information content (AvgIpc) is 2.52. The molecule has 4 nitrogen and oxygen atoms in total. The van der Waals surface area contributed by atoms with Crippen molar-refractivity contribution in [2.45, 2.75) is 96.7 Å². The molecule has 0 aromatic rings. The van der Waals surface area contributed by atoms with Crippen LogP contribution in [0.25, 0.3) is 0 Å². The summed E-state index contributed by atoms with van der Waals surface area (Å²) in [5.41, 5.74) is 0.121. The van der Waals surface area contributed by atoms with Crippen LogP contribution in [0.15, 0.2) is 12.2 Å². The fourth-order valence-corrected chi connectivity index (χ4v) is 4.71. The summed E-state index contributed by atoms with van der Waals surface area (Å²) in [4.78, 5) is 17.9. The van der Waals surface area contributed by atoms with Crippen molar-refractivity contribution >= 4 is 5.91 Å². The van der Waals surface area contributed by atoms with E-state index in [9.17, 15) is 4.79 Å². The molecular weight excluding hydrogens is 312 g/mol. The van der Waals surface area contributed by atoms with Crippen LogP contribution in [0.5, 0.6) is 0 Å². The quantitative estimate of drug-likeness (QED) is 0.657. The molecule has 1 N–H and O–H groups in total. The summed E-state index contributed by atoms with van der Waals surface area (Å²) in [7, 11) is 1.80. The molecule has 0 spiro atoms. The Balaban J connectivity index is 1.81. The minimum atomic E-state index is 0.121. The lowest BCUT2D eigenvalue weighted by atomic mass is 9.70. The molecule has 0 radical (unpaired) electrons. The van der Waals surface area contributed by atoms with Crippen molar-refractivity contribution in [2.75, 3.05) is 7.11 Å². The van der Waals surface area contributed by atoms with Crippen molar-refractivity contribution in [3.8, 4) is 0 Å². The lowest BCUT2D eigenvalue weighted by Gasteiger charge is -2.54. The van der Waals surface area contributed by atoms with Gasteiger partial charge in [-0.25, -0.2) is 0 Å². The van der Waals surface area contributed by atoms with Crippen LogP contribution in [-0.2, 0) is 9.63 Å². The molecule has 2 heterocycles. The standard InChI is InChI=1S/C21H38N2O2/c1-16(2)10-7-6-8-12-20(24)22-17(3)18-14-19-11-9-13-21(4,15-18)23(19)25-5/h6,8,16-19H,7,9-15H2,1-5H3,(H,22,24)/b8-6+/t17?,18-,19?,21?/m1/s1. The van der Waals surface area contributed by atoms with Crippen molar-refractivity contribution < 1.29 is 9.63 Å². The highest BCUT2D eigenvalue weighted by molar-refractivity contribution is 5.77. The topological polar surface area (TPSA) is 41.6 Å². The molecule has 4 atom stereocenters. The summed E-state index contributed by atoms with van der Waals surface area (Å²) in [5.74, 6) is 1.41. The number of carbonyl (C=O) groups excluding carboxylic acids is 1. The van der Waals surface area contributed by atoms with Crippen LogP contribution in [0, 0.1) is 11.8 Å². The molecule has 4 heteroatoms. The Hall–Kier alpha value is -0.870. The van der Waals surface area contributed by atoms with E-state index in [1.165, 1.54) is 25.7 Å². The number of nitrogens with one attached hydrogen (secondary N) is 1. The Labute approximate surface area is 154 Å². The van der Waals surface area contributed by atoms with E-state index < -0.39 is 0 Å². The van der Waals surface area contributed by atoms with Gasteiger partial charge in [-0.05, 0) is 70.6 Å². The Bertz CT molecular complexity index is 463. The van der Waals surface area contributed by atoms with Gasteiger partial charge >= 0.3 is 0 Å². The molecule has 144 valence electrons. The Morgan fingerprint density at radius 2 is 2.12 bits per heavy atom. The van der Waals surface area contributed by atoms with Crippen LogP contribution in [-0.4, -0.2) is 35.7 Å². The van der Waals surface area contributed by atoms with Gasteiger partial charge in [0.25, 0.3) is 0 Å². The number of carbonyl (C=O) groups is 1. The first-order chi connectivity index (χ1) is 11.9. The summed E-state index contributed by atoms with van der Waals surface area (Å²) in [6, 6.07) is 0.730. The van der Waals surface area contributed by atoms with Crippen LogP contribution < -0.4 is 5.32 Å². The predicted octanol–water partition coefficient (Wildman–Crippen LogP) is 4.46. The molecular formula is C21H38N2O2. The molecule has 0 saturated carbocycles. The van der Waals surface area contributed by atoms with E-state index >= 15 is 0 Å². The zero-order valence-corrected chi connectivity index (χ0v) is 16.9. The monoisotopic (exact) mass is 350 g/mol. The summed E-state index contributed by atoms with van der Waals surface area (Å²) >= 11 is 0. The molecule has 2 aliphatic heterocycles. The first-order valence-electron chi connectivity index (χ1n) is 10.1. The normalized spacial score (nSPS) is 31.4. The van der Waals surface area contributed by atoms with Crippen LogP contribution in [0.2, 0.25) is 0 Å². The third-order valence-electron chi connectivity index (χ3n) is 6.07. The SMILES string of the molecule is CON1C2CCCC1(C)C[C@H](C(C)NC(=O)C/C=C/CCC(C)C)C2. The van der Waals surface area contributed by atoms with Gasteiger partial charge in [0, 0.05) is 24.0 Å². The molecule has 0 aromatic heterocycles. The van der Waals surface area contributed by atoms with Crippen molar-refractivity contribution in [3.05, 3.63) is 12.2 Å². The highest BCUT2D eigenvalue weighted by Crippen LogP contribution is 2.45. The summed E-state index contributed by atoms with van der Waals surface area (Å²) in [6.45, 7) is 8.95. The van der Waals surface area contributed by atoms with Gasteiger partial charge < -0.3 is 10.2 Å². The molecule has 25 heavy (non-hydrogen) atoms. The van der Waals surface area contributed by atoms with E-state index in [1.807, 2.05) is 6.08 Å². The number of hydrogen-bond acceptors (Lipinski definition) is 3. The van der Waals surface area contributed by atoms with Crippen LogP contribution in [0.3, 0.4) is 0 Å². The number of hydroxylamine groups is 2. The van der Waals surface area contributed by atoms with E-state index in [0.717, 1.165) is 25.2 Å². The molecule has 2 aliphatic rings. The lowest BCUT2D eigenvalue weighted by Crippen LogP contribution is -2.61. The number of amides is 1. The van der Waals surface area contributed by atoms with Crippen LogP contribution in [0.1, 0.15) is 79.1 Å². The Morgan fingerprint density at radius 3 is 2.76 bits per heavy atom. The number of piperidine rings is 2. The largest absolute Gasteiger partial charge is 0.353 e. The second-order valence-electron chi connectivity index (χ2n) is 8.75. The maximum atomic E-state index is 12.2. The fourth-order valence-electron chi connectivity index (χ4n) is 4.71. The second kappa shape index (κ2) is 9.18. The van der Waals surface area contributed by atoms with Gasteiger partial charge in [-0.3, -0.25) is 4.79 Å². The molecule has 2 saturated heterocycles. The minimum Gasteiger partial charge on any atom is -0.353 e. The molecule has 0 aliphatic carbocycles. The van der Waals surface area contributed by atoms with Crippen molar-refractivity contribution in [1.82, 2.24) is 10.4 Å². The first-order valence-corrected chi connectivity index (χ1v) is 10.1. The van der Waals surface area contributed by atoms with Crippen molar-refractivity contribution in [3.63, 3.8) is 0 Å². The van der Waals surface area contributed by atoms with E-state index in [4.69, 9.17) is 4.84 Å². The van der Waals surface area contributed by atoms with Gasteiger partial charge in [-0.15, -0.1) is 0 Å². The number of fused-ring (bicyclic) bond motifs is 2. The van der Waals surface area contributed by atoms with E-state index in [0.29, 0.717) is 18.4 Å². The third kappa shape index (κ3) is 5.55. The number of hydrogen-bond donors (Lipinski definition) is 1. The second-order valence-corrected chi connectivity index (χ2v) is 8.75. The zero-order valence-electron chi connectivity index (χ0n) is 16.9. The van der Waals surface area contributed by atoms with E-state index in [1.54, 1.807) is 7.11 Å². The predicted molar refractivity (Wildman–Crippen MR) is 103 cm³/mol. The minimum absolute atomic E-state index is 0.121. The summed E-state index contributed by atoms with van der Waals surface area (Å²) < 4.78 is 0. The number of rotatable bonds is 8. The Kier molecular flexibility index (Phi) is 7.51.